The van der Waals surface area contributed by atoms with Crippen molar-refractivity contribution in [3.8, 4) is 5.75 Å². The zero-order valence-corrected chi connectivity index (χ0v) is 14.6. The second-order valence-corrected chi connectivity index (χ2v) is 6.91. The van der Waals surface area contributed by atoms with Crippen LogP contribution in [0.3, 0.4) is 0 Å². The maximum absolute atomic E-state index is 12.7. The van der Waals surface area contributed by atoms with Gasteiger partial charge in [-0.1, -0.05) is 12.1 Å². The summed E-state index contributed by atoms with van der Waals surface area (Å²) in [6.45, 7) is 4.41. The third-order valence-electron chi connectivity index (χ3n) is 5.27. The Balaban J connectivity index is 1.26. The van der Waals surface area contributed by atoms with Crippen LogP contribution in [0, 0.1) is 5.92 Å². The number of methoxy groups -OCH3 is 1. The van der Waals surface area contributed by atoms with Crippen molar-refractivity contribution in [1.82, 2.24) is 9.80 Å². The van der Waals surface area contributed by atoms with Gasteiger partial charge in [0, 0.05) is 44.6 Å². The van der Waals surface area contributed by atoms with Crippen molar-refractivity contribution in [3.05, 3.63) is 54.0 Å². The molecular formula is C20H24N2O3. The van der Waals surface area contributed by atoms with Crippen molar-refractivity contribution in [2.45, 2.75) is 18.9 Å². The number of hydrogen-bond donors (Lipinski definition) is 0. The van der Waals surface area contributed by atoms with Gasteiger partial charge in [0.15, 0.2) is 0 Å². The molecule has 0 N–H and O–H groups in total. The second kappa shape index (κ2) is 6.92. The highest BCUT2D eigenvalue weighted by Crippen LogP contribution is 2.48. The lowest BCUT2D eigenvalue weighted by molar-refractivity contribution is -0.134. The highest BCUT2D eigenvalue weighted by Gasteiger charge is 2.47. The molecule has 1 aromatic carbocycles. The van der Waals surface area contributed by atoms with Gasteiger partial charge in [-0.25, -0.2) is 0 Å². The zero-order valence-electron chi connectivity index (χ0n) is 14.6. The SMILES string of the molecule is COc1ccc(CN2CCN(C(=O)[C@H]3C[C@@H]3c3ccco3)CC2)cc1. The molecule has 0 spiro atoms. The van der Waals surface area contributed by atoms with Gasteiger partial charge in [0.05, 0.1) is 13.4 Å². The van der Waals surface area contributed by atoms with E-state index in [0.717, 1.165) is 50.7 Å². The van der Waals surface area contributed by atoms with Crippen LogP contribution < -0.4 is 4.74 Å². The van der Waals surface area contributed by atoms with Crippen molar-refractivity contribution < 1.29 is 13.9 Å². The van der Waals surface area contributed by atoms with Crippen LogP contribution >= 0.6 is 0 Å². The number of hydrogen-bond acceptors (Lipinski definition) is 4. The number of carbonyl (C=O) groups excluding carboxylic acids is 1. The van der Waals surface area contributed by atoms with Crippen molar-refractivity contribution >= 4 is 5.91 Å². The van der Waals surface area contributed by atoms with Gasteiger partial charge >= 0.3 is 0 Å². The average Bonchev–Trinajstić information content (AvgIpc) is 3.27. The van der Waals surface area contributed by atoms with Crippen LogP contribution in [0.5, 0.6) is 5.75 Å². The number of piperazine rings is 1. The van der Waals surface area contributed by atoms with Crippen LogP contribution in [0.1, 0.15) is 23.7 Å². The van der Waals surface area contributed by atoms with Crippen molar-refractivity contribution in [3.63, 3.8) is 0 Å². The third kappa shape index (κ3) is 3.56. The maximum Gasteiger partial charge on any atom is 0.226 e. The molecule has 5 nitrogen and oxygen atoms in total. The van der Waals surface area contributed by atoms with E-state index in [1.165, 1.54) is 5.56 Å². The largest absolute Gasteiger partial charge is 0.497 e. The Bertz CT molecular complexity index is 703. The fraction of sp³-hybridized carbons (Fsp3) is 0.450. The van der Waals surface area contributed by atoms with E-state index in [1.807, 2.05) is 29.2 Å². The summed E-state index contributed by atoms with van der Waals surface area (Å²) < 4.78 is 10.6. The first-order chi connectivity index (χ1) is 12.2. The predicted molar refractivity (Wildman–Crippen MR) is 94.4 cm³/mol. The number of benzene rings is 1. The maximum atomic E-state index is 12.7. The van der Waals surface area contributed by atoms with Gasteiger partial charge in [0.25, 0.3) is 0 Å². The first kappa shape index (κ1) is 16.2. The summed E-state index contributed by atoms with van der Waals surface area (Å²) in [5.41, 5.74) is 1.28. The number of furan rings is 1. The lowest BCUT2D eigenvalue weighted by atomic mass is 10.1. The Hall–Kier alpha value is -2.27. The summed E-state index contributed by atoms with van der Waals surface area (Å²) in [6, 6.07) is 12.1. The van der Waals surface area contributed by atoms with Gasteiger partial charge in [-0.05, 0) is 36.2 Å². The van der Waals surface area contributed by atoms with Crippen LogP contribution in [0.4, 0.5) is 0 Å². The molecular weight excluding hydrogens is 316 g/mol. The molecule has 0 bridgehead atoms. The molecule has 1 aliphatic carbocycles. The van der Waals surface area contributed by atoms with Gasteiger partial charge in [-0.3, -0.25) is 9.69 Å². The van der Waals surface area contributed by atoms with Crippen LogP contribution in [0.15, 0.2) is 47.1 Å². The van der Waals surface area contributed by atoms with E-state index < -0.39 is 0 Å². The first-order valence-corrected chi connectivity index (χ1v) is 8.92. The Morgan fingerprint density at radius 1 is 1.16 bits per heavy atom. The molecule has 2 aromatic rings. The Morgan fingerprint density at radius 3 is 2.56 bits per heavy atom. The summed E-state index contributed by atoms with van der Waals surface area (Å²) in [7, 11) is 1.68. The molecule has 0 unspecified atom stereocenters. The summed E-state index contributed by atoms with van der Waals surface area (Å²) in [5.74, 6) is 2.55. The minimum atomic E-state index is 0.124. The molecule has 1 saturated carbocycles. The first-order valence-electron chi connectivity index (χ1n) is 8.92. The summed E-state index contributed by atoms with van der Waals surface area (Å²) >= 11 is 0. The zero-order chi connectivity index (χ0) is 17.2. The lowest BCUT2D eigenvalue weighted by Gasteiger charge is -2.35. The average molecular weight is 340 g/mol. The Kier molecular flexibility index (Phi) is 4.49. The Labute approximate surface area is 148 Å². The second-order valence-electron chi connectivity index (χ2n) is 6.91. The van der Waals surface area contributed by atoms with E-state index in [9.17, 15) is 4.79 Å². The van der Waals surface area contributed by atoms with E-state index in [-0.39, 0.29) is 5.92 Å². The summed E-state index contributed by atoms with van der Waals surface area (Å²) in [4.78, 5) is 17.1. The topological polar surface area (TPSA) is 45.9 Å². The molecule has 1 aromatic heterocycles. The fourth-order valence-electron chi connectivity index (χ4n) is 3.63. The van der Waals surface area contributed by atoms with Crippen LogP contribution in [-0.2, 0) is 11.3 Å². The molecule has 0 radical (unpaired) electrons. The number of amides is 1. The van der Waals surface area contributed by atoms with Crippen molar-refractivity contribution in [2.24, 2.45) is 5.92 Å². The minimum Gasteiger partial charge on any atom is -0.497 e. The highest BCUT2D eigenvalue weighted by atomic mass is 16.5. The standard InChI is InChI=1S/C20H24N2O3/c1-24-16-6-4-15(5-7-16)14-21-8-10-22(11-9-21)20(23)18-13-17(18)19-3-2-12-25-19/h2-7,12,17-18H,8-11,13-14H2,1H3/t17-,18-/m0/s1. The van der Waals surface area contributed by atoms with Crippen molar-refractivity contribution in [1.29, 1.82) is 0 Å². The minimum absolute atomic E-state index is 0.124. The molecule has 1 amide bonds. The highest BCUT2D eigenvalue weighted by molar-refractivity contribution is 5.83. The molecule has 132 valence electrons. The van der Waals surface area contributed by atoms with E-state index in [1.54, 1.807) is 13.4 Å². The third-order valence-corrected chi connectivity index (χ3v) is 5.27. The lowest BCUT2D eigenvalue weighted by Crippen LogP contribution is -2.48. The number of ether oxygens (including phenoxy) is 1. The molecule has 5 heteroatoms. The van der Waals surface area contributed by atoms with Gasteiger partial charge in [-0.2, -0.15) is 0 Å². The molecule has 2 heterocycles. The van der Waals surface area contributed by atoms with Crippen LogP contribution in [-0.4, -0.2) is 49.0 Å². The summed E-state index contributed by atoms with van der Waals surface area (Å²) in [6.07, 6.45) is 2.62. The van der Waals surface area contributed by atoms with E-state index in [0.29, 0.717) is 11.8 Å². The van der Waals surface area contributed by atoms with Crippen molar-refractivity contribution in [2.75, 3.05) is 33.3 Å². The quantitative estimate of drug-likeness (QED) is 0.840. The molecule has 2 atom stereocenters. The van der Waals surface area contributed by atoms with Gasteiger partial charge in [-0.15, -0.1) is 0 Å². The van der Waals surface area contributed by atoms with E-state index >= 15 is 0 Å². The molecule has 25 heavy (non-hydrogen) atoms. The Morgan fingerprint density at radius 2 is 1.92 bits per heavy atom. The molecule has 1 saturated heterocycles. The van der Waals surface area contributed by atoms with Crippen LogP contribution in [0.25, 0.3) is 0 Å². The van der Waals surface area contributed by atoms with E-state index in [4.69, 9.17) is 9.15 Å². The molecule has 4 rings (SSSR count). The summed E-state index contributed by atoms with van der Waals surface area (Å²) in [5, 5.41) is 0. The normalized spacial score (nSPS) is 23.5. The van der Waals surface area contributed by atoms with Crippen LogP contribution in [0.2, 0.25) is 0 Å². The molecule has 1 aliphatic heterocycles. The number of rotatable bonds is 5. The van der Waals surface area contributed by atoms with Gasteiger partial charge in [0.2, 0.25) is 5.91 Å². The number of carbonyl (C=O) groups is 1. The number of nitrogens with zero attached hydrogens (tertiary/aromatic N) is 2. The van der Waals surface area contributed by atoms with Gasteiger partial charge < -0.3 is 14.1 Å². The van der Waals surface area contributed by atoms with E-state index in [2.05, 4.69) is 17.0 Å². The smallest absolute Gasteiger partial charge is 0.226 e. The van der Waals surface area contributed by atoms with Gasteiger partial charge in [0.1, 0.15) is 11.5 Å². The predicted octanol–water partition coefficient (Wildman–Crippen LogP) is 2.74. The monoisotopic (exact) mass is 340 g/mol. The molecule has 2 aliphatic rings. The fourth-order valence-corrected chi connectivity index (χ4v) is 3.63. The molecule has 2 fully saturated rings.